The Morgan fingerprint density at radius 2 is 1.87 bits per heavy atom. The third-order valence-electron chi connectivity index (χ3n) is 7.23. The number of hydrogen-bond acceptors (Lipinski definition) is 8. The van der Waals surface area contributed by atoms with E-state index in [1.165, 1.54) is 11.1 Å². The van der Waals surface area contributed by atoms with Crippen molar-refractivity contribution >= 4 is 17.9 Å². The highest BCUT2D eigenvalue weighted by Crippen LogP contribution is 2.40. The molecule has 39 heavy (non-hydrogen) atoms. The van der Waals surface area contributed by atoms with Crippen LogP contribution in [0, 0.1) is 5.92 Å². The summed E-state index contributed by atoms with van der Waals surface area (Å²) in [6.45, 7) is 11.4. The van der Waals surface area contributed by atoms with Gasteiger partial charge >= 0.3 is 6.09 Å². The van der Waals surface area contributed by atoms with Crippen molar-refractivity contribution in [2.24, 2.45) is 11.1 Å². The first kappa shape index (κ1) is 27.0. The first-order chi connectivity index (χ1) is 19.1. The van der Waals surface area contributed by atoms with Gasteiger partial charge in [0.25, 0.3) is 0 Å². The number of nitrogens with zero attached hydrogens (tertiary/aromatic N) is 3. The molecule has 9 heteroatoms. The molecule has 1 amide bonds. The molecule has 2 aromatic carbocycles. The lowest BCUT2D eigenvalue weighted by Gasteiger charge is -2.36. The maximum atomic E-state index is 11.5. The molecular formula is C30H38N4O5. The number of nitrogens with one attached hydrogen (secondary N) is 1. The number of oxime groups is 1. The smallest absolute Gasteiger partial charge is 0.407 e. The second-order valence-corrected chi connectivity index (χ2v) is 10.2. The van der Waals surface area contributed by atoms with Crippen molar-refractivity contribution in [3.8, 4) is 11.5 Å². The molecule has 1 N–H and O–H groups in total. The number of carbonyl (C=O) groups is 1. The third kappa shape index (κ3) is 6.91. The molecule has 3 aliphatic heterocycles. The number of piperazine rings is 1. The molecule has 3 aliphatic rings. The minimum atomic E-state index is -0.449. The first-order valence-electron chi connectivity index (χ1n) is 13.8. The summed E-state index contributed by atoms with van der Waals surface area (Å²) < 4.78 is 17.1. The molecule has 0 saturated carbocycles. The van der Waals surface area contributed by atoms with Gasteiger partial charge in [0.2, 0.25) is 0 Å². The monoisotopic (exact) mass is 534 g/mol. The van der Waals surface area contributed by atoms with E-state index in [0.717, 1.165) is 50.5 Å². The summed E-state index contributed by atoms with van der Waals surface area (Å²) in [4.78, 5) is 22.4. The topological polar surface area (TPSA) is 84.9 Å². The first-order valence-corrected chi connectivity index (χ1v) is 13.8. The SMILES string of the molecule is CCNC(=O)OCCOc1cccc2c1OCC1C2=NOC1CN1CCN(C/C(C)=C/c2ccccc2)CC1. The zero-order valence-corrected chi connectivity index (χ0v) is 22.8. The Kier molecular flexibility index (Phi) is 9.00. The molecule has 3 heterocycles. The number of carbonyl (C=O) groups excluding carboxylic acids is 1. The van der Waals surface area contributed by atoms with Crippen LogP contribution in [0.1, 0.15) is 25.0 Å². The fourth-order valence-corrected chi connectivity index (χ4v) is 5.29. The molecule has 0 radical (unpaired) electrons. The van der Waals surface area contributed by atoms with Gasteiger partial charge in [0.1, 0.15) is 25.5 Å². The van der Waals surface area contributed by atoms with Gasteiger partial charge in [0.15, 0.2) is 17.6 Å². The quantitative estimate of drug-likeness (QED) is 0.466. The van der Waals surface area contributed by atoms with Crippen molar-refractivity contribution in [3.05, 3.63) is 65.2 Å². The Labute approximate surface area is 230 Å². The van der Waals surface area contributed by atoms with Crippen molar-refractivity contribution in [3.63, 3.8) is 0 Å². The van der Waals surface area contributed by atoms with Gasteiger partial charge in [-0.05, 0) is 31.5 Å². The Balaban J connectivity index is 1.10. The van der Waals surface area contributed by atoms with Crippen LogP contribution < -0.4 is 14.8 Å². The standard InChI is InChI=1S/C30H38N4O5/c1-3-31-30(35)37-17-16-36-26-11-7-10-24-28-25(21-38-29(24)26)27(39-32-28)20-34-14-12-33(13-15-34)19-22(2)18-23-8-5-4-6-9-23/h4-11,18,25,27H,3,12-17,19-21H2,1-2H3,(H,31,35)/b22-18+. The Morgan fingerprint density at radius 3 is 2.67 bits per heavy atom. The van der Waals surface area contributed by atoms with Crippen LogP contribution in [0.4, 0.5) is 4.79 Å². The van der Waals surface area contributed by atoms with Gasteiger partial charge in [-0.1, -0.05) is 53.2 Å². The molecule has 0 spiro atoms. The van der Waals surface area contributed by atoms with Gasteiger partial charge in [-0.15, -0.1) is 0 Å². The van der Waals surface area contributed by atoms with Crippen LogP contribution in [0.25, 0.3) is 6.08 Å². The summed E-state index contributed by atoms with van der Waals surface area (Å²) in [5, 5.41) is 7.07. The Hall–Kier alpha value is -3.56. The molecular weight excluding hydrogens is 496 g/mol. The molecule has 0 bridgehead atoms. The minimum Gasteiger partial charge on any atom is -0.488 e. The normalized spacial score (nSPS) is 21.2. The van der Waals surface area contributed by atoms with Crippen LogP contribution in [-0.2, 0) is 9.57 Å². The number of ether oxygens (including phenoxy) is 3. The number of fused-ring (bicyclic) bond motifs is 3. The lowest BCUT2D eigenvalue weighted by Crippen LogP contribution is -2.50. The van der Waals surface area contributed by atoms with E-state index in [1.54, 1.807) is 0 Å². The third-order valence-corrected chi connectivity index (χ3v) is 7.23. The van der Waals surface area contributed by atoms with Crippen LogP contribution in [0.5, 0.6) is 11.5 Å². The van der Waals surface area contributed by atoms with Gasteiger partial charge in [-0.3, -0.25) is 9.80 Å². The fraction of sp³-hybridized carbons (Fsp3) is 0.467. The number of benzene rings is 2. The molecule has 1 fully saturated rings. The summed E-state index contributed by atoms with van der Waals surface area (Å²) >= 11 is 0. The maximum absolute atomic E-state index is 11.5. The Morgan fingerprint density at radius 1 is 1.08 bits per heavy atom. The summed E-state index contributed by atoms with van der Waals surface area (Å²) in [6.07, 6.45) is 1.79. The summed E-state index contributed by atoms with van der Waals surface area (Å²) in [5.74, 6) is 1.37. The average molecular weight is 535 g/mol. The van der Waals surface area contributed by atoms with E-state index in [1.807, 2.05) is 31.2 Å². The zero-order chi connectivity index (χ0) is 27.0. The second kappa shape index (κ2) is 13.0. The van der Waals surface area contributed by atoms with E-state index in [9.17, 15) is 4.79 Å². The van der Waals surface area contributed by atoms with Crippen LogP contribution in [-0.4, -0.2) is 93.3 Å². The summed E-state index contributed by atoms with van der Waals surface area (Å²) in [6, 6.07) is 16.3. The zero-order valence-electron chi connectivity index (χ0n) is 22.8. The lowest BCUT2D eigenvalue weighted by atomic mass is 9.90. The molecule has 0 aliphatic carbocycles. The van der Waals surface area contributed by atoms with Crippen molar-refractivity contribution in [2.45, 2.75) is 20.0 Å². The number of hydrogen-bond donors (Lipinski definition) is 1. The molecule has 2 unspecified atom stereocenters. The van der Waals surface area contributed by atoms with Gasteiger partial charge in [0, 0.05) is 51.4 Å². The number of rotatable bonds is 10. The van der Waals surface area contributed by atoms with Crippen LogP contribution in [0.2, 0.25) is 0 Å². The average Bonchev–Trinajstić information content (AvgIpc) is 3.36. The van der Waals surface area contributed by atoms with E-state index in [0.29, 0.717) is 24.7 Å². The summed E-state index contributed by atoms with van der Waals surface area (Å²) in [5.41, 5.74) is 4.46. The molecule has 1 saturated heterocycles. The lowest BCUT2D eigenvalue weighted by molar-refractivity contribution is 0.00984. The van der Waals surface area contributed by atoms with Crippen LogP contribution >= 0.6 is 0 Å². The van der Waals surface area contributed by atoms with Crippen molar-refractivity contribution in [1.82, 2.24) is 15.1 Å². The van der Waals surface area contributed by atoms with Gasteiger partial charge in [0.05, 0.1) is 5.92 Å². The van der Waals surface area contributed by atoms with Crippen LogP contribution in [0.3, 0.4) is 0 Å². The van der Waals surface area contributed by atoms with Gasteiger partial charge in [-0.25, -0.2) is 4.79 Å². The van der Waals surface area contributed by atoms with Crippen LogP contribution in [0.15, 0.2) is 59.3 Å². The highest BCUT2D eigenvalue weighted by atomic mass is 16.6. The highest BCUT2D eigenvalue weighted by molar-refractivity contribution is 6.06. The predicted octanol–water partition coefficient (Wildman–Crippen LogP) is 3.64. The van der Waals surface area contributed by atoms with Gasteiger partial charge in [-0.2, -0.15) is 0 Å². The molecule has 5 rings (SSSR count). The van der Waals surface area contributed by atoms with E-state index in [2.05, 4.69) is 57.5 Å². The van der Waals surface area contributed by atoms with E-state index in [4.69, 9.17) is 19.0 Å². The van der Waals surface area contributed by atoms with E-state index in [-0.39, 0.29) is 25.2 Å². The van der Waals surface area contributed by atoms with Gasteiger partial charge < -0.3 is 24.4 Å². The van der Waals surface area contributed by atoms with Crippen molar-refractivity contribution in [2.75, 3.05) is 65.6 Å². The molecule has 2 aromatic rings. The fourth-order valence-electron chi connectivity index (χ4n) is 5.29. The largest absolute Gasteiger partial charge is 0.488 e. The minimum absolute atomic E-state index is 0.0329. The molecule has 2 atom stereocenters. The number of amides is 1. The second-order valence-electron chi connectivity index (χ2n) is 10.2. The summed E-state index contributed by atoms with van der Waals surface area (Å²) in [7, 11) is 0. The molecule has 9 nitrogen and oxygen atoms in total. The van der Waals surface area contributed by atoms with E-state index >= 15 is 0 Å². The predicted molar refractivity (Wildman–Crippen MR) is 150 cm³/mol. The number of para-hydroxylation sites is 1. The van der Waals surface area contributed by atoms with Crippen molar-refractivity contribution in [1.29, 1.82) is 0 Å². The highest BCUT2D eigenvalue weighted by Gasteiger charge is 2.41. The van der Waals surface area contributed by atoms with E-state index < -0.39 is 6.09 Å². The maximum Gasteiger partial charge on any atom is 0.407 e. The Bertz CT molecular complexity index is 1180. The molecule has 208 valence electrons. The number of alkyl carbamates (subject to hydrolysis) is 1. The molecule has 0 aromatic heterocycles. The van der Waals surface area contributed by atoms with Crippen molar-refractivity contribution < 1.29 is 23.8 Å².